The summed E-state index contributed by atoms with van der Waals surface area (Å²) in [5.74, 6) is -1.31. The molecule has 2 atom stereocenters. The molecule has 0 N–H and O–H groups in total. The second-order valence-corrected chi connectivity index (χ2v) is 12.1. The Morgan fingerprint density at radius 3 is 1.56 bits per heavy atom. The summed E-state index contributed by atoms with van der Waals surface area (Å²) in [7, 11) is 0. The normalized spacial score (nSPS) is 16.3. The number of nitrogens with zero attached hydrogens (tertiary/aromatic N) is 3. The number of rotatable bonds is 6. The first-order chi connectivity index (χ1) is 20.7. The number of imide groups is 2. The van der Waals surface area contributed by atoms with Crippen LogP contribution in [-0.2, 0) is 0 Å². The van der Waals surface area contributed by atoms with Crippen LogP contribution < -0.4 is 0 Å². The van der Waals surface area contributed by atoms with Crippen LogP contribution >= 0.6 is 0 Å². The average Bonchev–Trinajstić information content (AvgIpc) is 2.98. The zero-order valence-electron chi connectivity index (χ0n) is 24.9. The molecule has 0 saturated heterocycles. The van der Waals surface area contributed by atoms with Crippen molar-refractivity contribution in [3.8, 4) is 0 Å². The predicted octanol–water partition coefficient (Wildman–Crippen LogP) is 8.17. The Bertz CT molecular complexity index is 2150. The molecule has 0 spiro atoms. The number of carbonyl (C=O) groups is 4. The minimum Gasteiger partial charge on any atom is -0.272 e. The standard InChI is InChI=1S/C36H31N3O4/c1-7-9-18(4)38-33(40)22-14-12-21-30-26(37-6)16-25-29-23(34(41)39(36(25)43)19(5)10-8-2)13-11-20(32(29)30)27-17(3)15-24(35(38)42)28(22)31(21)27/h11-16,18-19H,7-10H2,1-5H3/t18-,19-/m0/s1. The summed E-state index contributed by atoms with van der Waals surface area (Å²) in [6, 6.07) is 10.3. The molecule has 2 heterocycles. The molecule has 7 rings (SSSR count). The van der Waals surface area contributed by atoms with E-state index in [1.165, 1.54) is 9.80 Å². The van der Waals surface area contributed by atoms with E-state index in [1.807, 2.05) is 52.8 Å². The largest absolute Gasteiger partial charge is 0.272 e. The van der Waals surface area contributed by atoms with Gasteiger partial charge in [0.25, 0.3) is 23.6 Å². The maximum atomic E-state index is 13.9. The Morgan fingerprint density at radius 2 is 1.07 bits per heavy atom. The lowest BCUT2D eigenvalue weighted by atomic mass is 9.80. The molecule has 5 aromatic carbocycles. The molecule has 0 fully saturated rings. The third-order valence-electron chi connectivity index (χ3n) is 9.49. The highest BCUT2D eigenvalue weighted by atomic mass is 16.2. The minimum absolute atomic E-state index is 0.235. The summed E-state index contributed by atoms with van der Waals surface area (Å²) in [6.07, 6.45) is 3.08. The van der Waals surface area contributed by atoms with Crippen LogP contribution in [0.15, 0.2) is 36.4 Å². The molecule has 4 amide bonds. The van der Waals surface area contributed by atoms with Crippen LogP contribution in [0.3, 0.4) is 0 Å². The van der Waals surface area contributed by atoms with Crippen molar-refractivity contribution >= 4 is 72.4 Å². The zero-order chi connectivity index (χ0) is 30.5. The third-order valence-corrected chi connectivity index (χ3v) is 9.49. The van der Waals surface area contributed by atoms with Gasteiger partial charge in [0.1, 0.15) is 0 Å². The van der Waals surface area contributed by atoms with Crippen LogP contribution in [-0.4, -0.2) is 45.5 Å². The molecule has 7 nitrogen and oxygen atoms in total. The summed E-state index contributed by atoms with van der Waals surface area (Å²) < 4.78 is 0. The number of aryl methyl sites for hydroxylation is 1. The first-order valence-electron chi connectivity index (χ1n) is 15.0. The molecule has 7 heteroatoms. The molecular formula is C36H31N3O4. The fourth-order valence-electron chi connectivity index (χ4n) is 7.67. The van der Waals surface area contributed by atoms with E-state index >= 15 is 0 Å². The van der Waals surface area contributed by atoms with Crippen LogP contribution in [0.25, 0.3) is 47.9 Å². The summed E-state index contributed by atoms with van der Waals surface area (Å²) >= 11 is 0. The summed E-state index contributed by atoms with van der Waals surface area (Å²) in [5, 5.41) is 5.68. The Balaban J connectivity index is 1.63. The summed E-state index contributed by atoms with van der Waals surface area (Å²) in [4.78, 5) is 62.0. The lowest BCUT2D eigenvalue weighted by Crippen LogP contribution is -2.46. The van der Waals surface area contributed by atoms with Crippen molar-refractivity contribution in [2.75, 3.05) is 0 Å². The van der Waals surface area contributed by atoms with E-state index in [0.717, 1.165) is 39.9 Å². The highest BCUT2D eigenvalue weighted by Crippen LogP contribution is 2.50. The monoisotopic (exact) mass is 569 g/mol. The van der Waals surface area contributed by atoms with Crippen molar-refractivity contribution in [2.24, 2.45) is 0 Å². The van der Waals surface area contributed by atoms with Gasteiger partial charge < -0.3 is 0 Å². The van der Waals surface area contributed by atoms with Gasteiger partial charge in [0.15, 0.2) is 5.69 Å². The van der Waals surface area contributed by atoms with E-state index in [-0.39, 0.29) is 35.7 Å². The molecule has 0 aromatic heterocycles. The van der Waals surface area contributed by atoms with E-state index in [0.29, 0.717) is 62.3 Å². The fourth-order valence-corrected chi connectivity index (χ4v) is 7.67. The highest BCUT2D eigenvalue weighted by Gasteiger charge is 2.40. The third kappa shape index (κ3) is 3.35. The van der Waals surface area contributed by atoms with Gasteiger partial charge in [-0.25, -0.2) is 4.85 Å². The van der Waals surface area contributed by atoms with Gasteiger partial charge in [-0.2, -0.15) is 0 Å². The topological polar surface area (TPSA) is 79.1 Å². The molecule has 214 valence electrons. The second-order valence-electron chi connectivity index (χ2n) is 12.1. The Morgan fingerprint density at radius 1 is 0.628 bits per heavy atom. The molecule has 0 saturated carbocycles. The number of hydrogen-bond donors (Lipinski definition) is 0. The zero-order valence-corrected chi connectivity index (χ0v) is 24.9. The predicted molar refractivity (Wildman–Crippen MR) is 168 cm³/mol. The molecular weight excluding hydrogens is 538 g/mol. The van der Waals surface area contributed by atoms with E-state index in [4.69, 9.17) is 6.57 Å². The number of fused-ring (bicyclic) bond motifs is 2. The van der Waals surface area contributed by atoms with Crippen molar-refractivity contribution in [1.82, 2.24) is 9.80 Å². The number of hydrogen-bond acceptors (Lipinski definition) is 4. The smallest absolute Gasteiger partial charge is 0.261 e. The number of carbonyl (C=O) groups excluding carboxylic acids is 4. The van der Waals surface area contributed by atoms with Crippen molar-refractivity contribution in [3.63, 3.8) is 0 Å². The quantitative estimate of drug-likeness (QED) is 0.0894. The average molecular weight is 570 g/mol. The van der Waals surface area contributed by atoms with Gasteiger partial charge in [0, 0.05) is 45.1 Å². The first-order valence-corrected chi connectivity index (χ1v) is 15.0. The van der Waals surface area contributed by atoms with Crippen molar-refractivity contribution in [1.29, 1.82) is 0 Å². The van der Waals surface area contributed by atoms with Gasteiger partial charge in [-0.05, 0) is 95.8 Å². The summed E-state index contributed by atoms with van der Waals surface area (Å²) in [5.41, 5.74) is 2.94. The SMILES string of the molecule is [C-]#[N+]c1cc2c3c(ccc4c5c(C)cc6c7c(ccc(c1c34)c75)C(=O)N([C@@H](C)CCC)C6=O)C(=O)N([C@@H](C)CCC)C2=O. The Labute approximate surface area is 249 Å². The van der Waals surface area contributed by atoms with Crippen molar-refractivity contribution in [3.05, 3.63) is 75.6 Å². The van der Waals surface area contributed by atoms with Crippen molar-refractivity contribution in [2.45, 2.75) is 72.4 Å². The van der Waals surface area contributed by atoms with Crippen LogP contribution in [0.2, 0.25) is 0 Å². The summed E-state index contributed by atoms with van der Waals surface area (Å²) in [6.45, 7) is 17.9. The van der Waals surface area contributed by atoms with Crippen LogP contribution in [0, 0.1) is 13.5 Å². The van der Waals surface area contributed by atoms with E-state index in [1.54, 1.807) is 18.2 Å². The maximum absolute atomic E-state index is 13.9. The van der Waals surface area contributed by atoms with Crippen molar-refractivity contribution < 1.29 is 19.2 Å². The Hall–Kier alpha value is -4.83. The van der Waals surface area contributed by atoms with Gasteiger partial charge in [-0.1, -0.05) is 38.8 Å². The van der Waals surface area contributed by atoms with Gasteiger partial charge in [-0.3, -0.25) is 29.0 Å². The van der Waals surface area contributed by atoms with Gasteiger partial charge in [-0.15, -0.1) is 0 Å². The van der Waals surface area contributed by atoms with E-state index < -0.39 is 0 Å². The van der Waals surface area contributed by atoms with Gasteiger partial charge >= 0.3 is 0 Å². The molecule has 43 heavy (non-hydrogen) atoms. The maximum Gasteiger partial charge on any atom is 0.261 e. The van der Waals surface area contributed by atoms with Crippen LogP contribution in [0.1, 0.15) is 100 Å². The fraction of sp³-hybridized carbons (Fsp3) is 0.306. The highest BCUT2D eigenvalue weighted by molar-refractivity contribution is 6.43. The first kappa shape index (κ1) is 27.0. The van der Waals surface area contributed by atoms with Crippen LogP contribution in [0.4, 0.5) is 5.69 Å². The molecule has 0 bridgehead atoms. The van der Waals surface area contributed by atoms with E-state index in [2.05, 4.69) is 4.85 Å². The van der Waals surface area contributed by atoms with Gasteiger partial charge in [0.2, 0.25) is 0 Å². The lowest BCUT2D eigenvalue weighted by molar-refractivity contribution is 0.0528. The molecule has 0 unspecified atom stereocenters. The second kappa shape index (κ2) is 9.34. The molecule has 2 aliphatic heterocycles. The molecule has 0 radical (unpaired) electrons. The minimum atomic E-state index is -0.378. The van der Waals surface area contributed by atoms with E-state index in [9.17, 15) is 19.2 Å². The molecule has 0 aliphatic carbocycles. The van der Waals surface area contributed by atoms with Gasteiger partial charge in [0.05, 0.1) is 6.57 Å². The number of amides is 4. The number of benzene rings is 5. The molecule has 2 aliphatic rings. The lowest BCUT2D eigenvalue weighted by Gasteiger charge is -2.34. The Kier molecular flexibility index (Phi) is 5.87. The molecule has 5 aromatic rings. The van der Waals surface area contributed by atoms with Crippen LogP contribution in [0.5, 0.6) is 0 Å².